The molecular weight excluding hydrogens is 314 g/mol. The Kier molecular flexibility index (Phi) is 5.39. The van der Waals surface area contributed by atoms with Crippen molar-refractivity contribution in [3.05, 3.63) is 54.1 Å². The predicted octanol–water partition coefficient (Wildman–Crippen LogP) is 3.13. The van der Waals surface area contributed by atoms with E-state index in [9.17, 15) is 13.2 Å². The summed E-state index contributed by atoms with van der Waals surface area (Å²) in [6, 6.07) is 13.2. The van der Waals surface area contributed by atoms with Crippen LogP contribution < -0.4 is 10.1 Å². The van der Waals surface area contributed by atoms with E-state index in [1.165, 1.54) is 12.1 Å². The van der Waals surface area contributed by atoms with Gasteiger partial charge >= 0.3 is 0 Å². The van der Waals surface area contributed by atoms with Gasteiger partial charge in [0.15, 0.2) is 9.84 Å². The van der Waals surface area contributed by atoms with Crippen LogP contribution in [0.1, 0.15) is 24.2 Å². The molecule has 0 aliphatic heterocycles. The van der Waals surface area contributed by atoms with Gasteiger partial charge in [0.05, 0.1) is 28.5 Å². The summed E-state index contributed by atoms with van der Waals surface area (Å²) in [6.07, 6.45) is 0. The summed E-state index contributed by atoms with van der Waals surface area (Å²) in [5, 5.41) is 2.72. The number of amides is 1. The van der Waals surface area contributed by atoms with E-state index in [2.05, 4.69) is 5.32 Å². The lowest BCUT2D eigenvalue weighted by molar-refractivity contribution is 0.102. The fourth-order valence-corrected chi connectivity index (χ4v) is 3.21. The van der Waals surface area contributed by atoms with Crippen LogP contribution >= 0.6 is 0 Å². The van der Waals surface area contributed by atoms with Gasteiger partial charge in [0.1, 0.15) is 5.75 Å². The lowest BCUT2D eigenvalue weighted by Crippen LogP contribution is -2.17. The first-order valence-electron chi connectivity index (χ1n) is 7.34. The molecule has 2 aromatic rings. The van der Waals surface area contributed by atoms with Crippen LogP contribution in [0.15, 0.2) is 53.4 Å². The standard InChI is InChI=1S/C17H19NO4S/c1-3-22-15-11-7-6-10-14(15)18-17(19)13-9-5-8-12-16(13)23(20,21)4-2/h5-12H,3-4H2,1-2H3,(H,18,19). The Morgan fingerprint density at radius 1 is 1.04 bits per heavy atom. The second-order valence-electron chi connectivity index (χ2n) is 4.78. The Balaban J connectivity index is 2.37. The van der Waals surface area contributed by atoms with Gasteiger partial charge in [-0.2, -0.15) is 0 Å². The van der Waals surface area contributed by atoms with E-state index >= 15 is 0 Å². The number of carbonyl (C=O) groups is 1. The summed E-state index contributed by atoms with van der Waals surface area (Å²) in [4.78, 5) is 12.6. The summed E-state index contributed by atoms with van der Waals surface area (Å²) in [7, 11) is -3.48. The Morgan fingerprint density at radius 3 is 2.39 bits per heavy atom. The minimum atomic E-state index is -3.48. The monoisotopic (exact) mass is 333 g/mol. The van der Waals surface area contributed by atoms with Crippen molar-refractivity contribution in [2.75, 3.05) is 17.7 Å². The highest BCUT2D eigenvalue weighted by molar-refractivity contribution is 7.91. The van der Waals surface area contributed by atoms with Crippen molar-refractivity contribution < 1.29 is 17.9 Å². The minimum Gasteiger partial charge on any atom is -0.492 e. The average Bonchev–Trinajstić information content (AvgIpc) is 2.57. The molecule has 0 spiro atoms. The maximum Gasteiger partial charge on any atom is 0.257 e. The number of para-hydroxylation sites is 2. The van der Waals surface area contributed by atoms with E-state index < -0.39 is 15.7 Å². The Hall–Kier alpha value is -2.34. The number of anilines is 1. The SMILES string of the molecule is CCOc1ccccc1NC(=O)c1ccccc1S(=O)(=O)CC. The Bertz CT molecular complexity index is 800. The Labute approximate surface area is 136 Å². The van der Waals surface area contributed by atoms with Gasteiger partial charge in [-0.25, -0.2) is 8.42 Å². The molecule has 0 heterocycles. The fourth-order valence-electron chi connectivity index (χ4n) is 2.12. The molecule has 122 valence electrons. The smallest absolute Gasteiger partial charge is 0.257 e. The van der Waals surface area contributed by atoms with Gasteiger partial charge in [0, 0.05) is 0 Å². The van der Waals surface area contributed by atoms with Crippen molar-refractivity contribution in [1.29, 1.82) is 0 Å². The largest absolute Gasteiger partial charge is 0.492 e. The molecule has 0 bridgehead atoms. The van der Waals surface area contributed by atoms with E-state index in [0.717, 1.165) is 0 Å². The summed E-state index contributed by atoms with van der Waals surface area (Å²) in [5.74, 6) is -0.00345. The van der Waals surface area contributed by atoms with Crippen molar-refractivity contribution in [3.8, 4) is 5.75 Å². The minimum absolute atomic E-state index is 0.0360. The second kappa shape index (κ2) is 7.28. The van der Waals surface area contributed by atoms with E-state index in [0.29, 0.717) is 18.0 Å². The number of sulfone groups is 1. The predicted molar refractivity (Wildman–Crippen MR) is 89.7 cm³/mol. The number of benzene rings is 2. The third-order valence-electron chi connectivity index (χ3n) is 3.28. The molecule has 0 atom stereocenters. The number of ether oxygens (including phenoxy) is 1. The zero-order chi connectivity index (χ0) is 16.9. The Morgan fingerprint density at radius 2 is 1.70 bits per heavy atom. The highest BCUT2D eigenvalue weighted by Gasteiger charge is 2.21. The quantitative estimate of drug-likeness (QED) is 0.881. The van der Waals surface area contributed by atoms with Crippen molar-refractivity contribution in [1.82, 2.24) is 0 Å². The molecule has 0 aromatic heterocycles. The average molecular weight is 333 g/mol. The van der Waals surface area contributed by atoms with Crippen LogP contribution in [0.5, 0.6) is 5.75 Å². The van der Waals surface area contributed by atoms with Crippen LogP contribution in [-0.2, 0) is 9.84 Å². The lowest BCUT2D eigenvalue weighted by Gasteiger charge is -2.13. The third-order valence-corrected chi connectivity index (χ3v) is 5.07. The van der Waals surface area contributed by atoms with Gasteiger partial charge in [-0.05, 0) is 31.2 Å². The molecule has 1 amide bonds. The first-order valence-corrected chi connectivity index (χ1v) is 8.99. The molecule has 1 N–H and O–H groups in total. The molecule has 23 heavy (non-hydrogen) atoms. The summed E-state index contributed by atoms with van der Waals surface area (Å²) in [6.45, 7) is 3.86. The van der Waals surface area contributed by atoms with E-state index in [-0.39, 0.29) is 16.2 Å². The zero-order valence-corrected chi connectivity index (χ0v) is 13.9. The number of rotatable bonds is 6. The van der Waals surface area contributed by atoms with Crippen LogP contribution in [0.25, 0.3) is 0 Å². The third kappa shape index (κ3) is 3.90. The van der Waals surface area contributed by atoms with Crippen LogP contribution in [0, 0.1) is 0 Å². The number of hydrogen-bond donors (Lipinski definition) is 1. The van der Waals surface area contributed by atoms with Crippen LogP contribution in [0.3, 0.4) is 0 Å². The molecule has 0 radical (unpaired) electrons. The summed E-state index contributed by atoms with van der Waals surface area (Å²) >= 11 is 0. The number of hydrogen-bond acceptors (Lipinski definition) is 4. The first-order chi connectivity index (χ1) is 11.0. The van der Waals surface area contributed by atoms with Gasteiger partial charge in [0.25, 0.3) is 5.91 Å². The maximum absolute atomic E-state index is 12.5. The first kappa shape index (κ1) is 17.0. The van der Waals surface area contributed by atoms with Gasteiger partial charge in [-0.3, -0.25) is 4.79 Å². The van der Waals surface area contributed by atoms with Gasteiger partial charge in [-0.1, -0.05) is 31.2 Å². The summed E-state index contributed by atoms with van der Waals surface area (Å²) < 4.78 is 29.7. The van der Waals surface area contributed by atoms with Gasteiger partial charge < -0.3 is 10.1 Å². The van der Waals surface area contributed by atoms with Crippen LogP contribution in [0.2, 0.25) is 0 Å². The molecule has 0 saturated carbocycles. The lowest BCUT2D eigenvalue weighted by atomic mass is 10.2. The molecule has 2 aromatic carbocycles. The molecule has 0 fully saturated rings. The van der Waals surface area contributed by atoms with Gasteiger partial charge in [0.2, 0.25) is 0 Å². The molecular formula is C17H19NO4S. The van der Waals surface area contributed by atoms with Gasteiger partial charge in [-0.15, -0.1) is 0 Å². The topological polar surface area (TPSA) is 72.5 Å². The fraction of sp³-hybridized carbons (Fsp3) is 0.235. The molecule has 0 aliphatic carbocycles. The molecule has 0 aliphatic rings. The summed E-state index contributed by atoms with van der Waals surface area (Å²) in [5.41, 5.74) is 0.628. The van der Waals surface area contributed by atoms with Crippen molar-refractivity contribution in [3.63, 3.8) is 0 Å². The van der Waals surface area contributed by atoms with Crippen molar-refractivity contribution in [2.24, 2.45) is 0 Å². The molecule has 2 rings (SSSR count). The zero-order valence-electron chi connectivity index (χ0n) is 13.1. The number of carbonyl (C=O) groups excluding carboxylic acids is 1. The molecule has 6 heteroatoms. The second-order valence-corrected chi connectivity index (χ2v) is 7.03. The molecule has 0 unspecified atom stereocenters. The van der Waals surface area contributed by atoms with E-state index in [4.69, 9.17) is 4.74 Å². The van der Waals surface area contributed by atoms with E-state index in [1.54, 1.807) is 43.3 Å². The maximum atomic E-state index is 12.5. The van der Waals surface area contributed by atoms with Crippen molar-refractivity contribution >= 4 is 21.4 Å². The number of nitrogens with one attached hydrogen (secondary N) is 1. The molecule has 0 saturated heterocycles. The molecule has 5 nitrogen and oxygen atoms in total. The van der Waals surface area contributed by atoms with E-state index in [1.807, 2.05) is 6.92 Å². The van der Waals surface area contributed by atoms with Crippen LogP contribution in [0.4, 0.5) is 5.69 Å². The highest BCUT2D eigenvalue weighted by Crippen LogP contribution is 2.25. The van der Waals surface area contributed by atoms with Crippen LogP contribution in [-0.4, -0.2) is 26.7 Å². The van der Waals surface area contributed by atoms with Crippen molar-refractivity contribution in [2.45, 2.75) is 18.7 Å². The highest BCUT2D eigenvalue weighted by atomic mass is 32.2. The normalized spacial score (nSPS) is 11.0.